The minimum absolute atomic E-state index is 0.0164. The maximum atomic E-state index is 9.75. The largest absolute Gasteiger partial charge is 0.394 e. The second-order valence-electron chi connectivity index (χ2n) is 3.73. The Balaban J connectivity index is 2.29. The van der Waals surface area contributed by atoms with Gasteiger partial charge in [0.05, 0.1) is 6.61 Å². The van der Waals surface area contributed by atoms with Gasteiger partial charge in [-0.3, -0.25) is 4.57 Å². The number of nitrogens with two attached hydrogens (primary N) is 1. The Morgan fingerprint density at radius 3 is 2.71 bits per heavy atom. The average molecular weight is 240 g/mol. The molecule has 5 N–H and O–H groups in total. The Kier molecular flexibility index (Phi) is 2.99. The highest BCUT2D eigenvalue weighted by atomic mass is 16.6. The van der Waals surface area contributed by atoms with Gasteiger partial charge in [0.1, 0.15) is 36.5 Å². The number of aromatic nitrogens is 2. The van der Waals surface area contributed by atoms with Crippen LogP contribution in [-0.4, -0.2) is 49.8 Å². The van der Waals surface area contributed by atoms with Crippen LogP contribution < -0.4 is 5.73 Å². The molecule has 0 unspecified atom stereocenters. The predicted octanol–water partition coefficient (Wildman–Crippen LogP) is -2.05. The van der Waals surface area contributed by atoms with Gasteiger partial charge in [-0.1, -0.05) is 0 Å². The van der Waals surface area contributed by atoms with Crippen LogP contribution in [0.1, 0.15) is 11.9 Å². The Hall–Kier alpha value is -1.66. The Morgan fingerprint density at radius 1 is 1.53 bits per heavy atom. The number of hydrogen-bond acceptors (Lipinski definition) is 7. The smallest absolute Gasteiger partial charge is 0.182 e. The lowest BCUT2D eigenvalue weighted by Crippen LogP contribution is -2.33. The van der Waals surface area contributed by atoms with E-state index in [0.29, 0.717) is 0 Å². The summed E-state index contributed by atoms with van der Waals surface area (Å²) in [7, 11) is 0. The van der Waals surface area contributed by atoms with E-state index in [2.05, 4.69) is 4.98 Å². The highest BCUT2D eigenvalue weighted by molar-refractivity contribution is 5.44. The highest BCUT2D eigenvalue weighted by Gasteiger charge is 2.44. The number of aliphatic hydroxyl groups excluding tert-OH is 3. The molecule has 0 spiro atoms. The molecule has 1 aromatic rings. The number of rotatable bonds is 2. The minimum Gasteiger partial charge on any atom is -0.394 e. The number of nitrogens with zero attached hydrogens (tertiary/aromatic N) is 3. The van der Waals surface area contributed by atoms with E-state index in [4.69, 9.17) is 20.8 Å². The molecule has 17 heavy (non-hydrogen) atoms. The fourth-order valence-corrected chi connectivity index (χ4v) is 1.77. The summed E-state index contributed by atoms with van der Waals surface area (Å²) < 4.78 is 6.50. The Labute approximate surface area is 96.5 Å². The molecule has 0 saturated carbocycles. The lowest BCUT2D eigenvalue weighted by molar-refractivity contribution is -0.0518. The van der Waals surface area contributed by atoms with E-state index in [1.165, 1.54) is 10.9 Å². The van der Waals surface area contributed by atoms with Crippen molar-refractivity contribution in [2.24, 2.45) is 0 Å². The number of imidazole rings is 1. The van der Waals surface area contributed by atoms with E-state index in [-0.39, 0.29) is 11.5 Å². The minimum atomic E-state index is -1.24. The molecular weight excluding hydrogens is 228 g/mol. The van der Waals surface area contributed by atoms with E-state index in [9.17, 15) is 10.2 Å². The summed E-state index contributed by atoms with van der Waals surface area (Å²) in [5.74, 6) is 0.0438. The van der Waals surface area contributed by atoms with Gasteiger partial charge >= 0.3 is 0 Å². The van der Waals surface area contributed by atoms with Crippen molar-refractivity contribution in [3.05, 3.63) is 12.0 Å². The monoisotopic (exact) mass is 240 g/mol. The first kappa shape index (κ1) is 11.8. The average Bonchev–Trinajstić information content (AvgIpc) is 2.82. The van der Waals surface area contributed by atoms with Crippen LogP contribution in [0.15, 0.2) is 6.33 Å². The first-order valence-electron chi connectivity index (χ1n) is 4.95. The zero-order valence-corrected chi connectivity index (χ0v) is 8.76. The predicted molar refractivity (Wildman–Crippen MR) is 54.4 cm³/mol. The fraction of sp³-hybridized carbons (Fsp3) is 0.556. The molecule has 1 aliphatic heterocycles. The van der Waals surface area contributed by atoms with Gasteiger partial charge in [-0.2, -0.15) is 5.26 Å². The topological polar surface area (TPSA) is 138 Å². The highest BCUT2D eigenvalue weighted by Crippen LogP contribution is 2.31. The maximum Gasteiger partial charge on any atom is 0.182 e. The van der Waals surface area contributed by atoms with Crippen LogP contribution in [-0.2, 0) is 4.74 Å². The zero-order valence-electron chi connectivity index (χ0n) is 8.76. The molecule has 4 atom stereocenters. The van der Waals surface area contributed by atoms with Crippen LogP contribution in [0.5, 0.6) is 0 Å². The van der Waals surface area contributed by atoms with Crippen molar-refractivity contribution in [2.45, 2.75) is 24.5 Å². The van der Waals surface area contributed by atoms with E-state index in [1.807, 2.05) is 0 Å². The molecule has 1 fully saturated rings. The third-order valence-electron chi connectivity index (χ3n) is 2.73. The second-order valence-corrected chi connectivity index (χ2v) is 3.73. The van der Waals surface area contributed by atoms with Gasteiger partial charge in [-0.15, -0.1) is 0 Å². The molecule has 92 valence electrons. The van der Waals surface area contributed by atoms with Crippen molar-refractivity contribution < 1.29 is 20.1 Å². The first-order valence-corrected chi connectivity index (χ1v) is 4.95. The quantitative estimate of drug-likeness (QED) is 0.466. The molecule has 1 aromatic heterocycles. The molecule has 0 amide bonds. The number of anilines is 1. The van der Waals surface area contributed by atoms with E-state index >= 15 is 0 Å². The molecule has 0 bridgehead atoms. The third-order valence-corrected chi connectivity index (χ3v) is 2.73. The third kappa shape index (κ3) is 1.75. The van der Waals surface area contributed by atoms with Crippen LogP contribution in [0.4, 0.5) is 5.82 Å². The molecule has 0 radical (unpaired) electrons. The molecule has 8 nitrogen and oxygen atoms in total. The van der Waals surface area contributed by atoms with Gasteiger partial charge in [0.2, 0.25) is 0 Å². The molecule has 8 heteroatoms. The van der Waals surface area contributed by atoms with Gasteiger partial charge in [0.25, 0.3) is 0 Å². The van der Waals surface area contributed by atoms with Crippen LogP contribution in [0, 0.1) is 11.3 Å². The number of ether oxygens (including phenoxy) is 1. The maximum absolute atomic E-state index is 9.75. The number of nitrogen functional groups attached to an aromatic ring is 1. The molecule has 2 rings (SSSR count). The lowest BCUT2D eigenvalue weighted by Gasteiger charge is -2.17. The number of nitriles is 1. The summed E-state index contributed by atoms with van der Waals surface area (Å²) in [5.41, 5.74) is 5.65. The van der Waals surface area contributed by atoms with Gasteiger partial charge in [0, 0.05) is 0 Å². The van der Waals surface area contributed by atoms with Crippen LogP contribution in [0.3, 0.4) is 0 Å². The van der Waals surface area contributed by atoms with E-state index in [0.717, 1.165) is 0 Å². The summed E-state index contributed by atoms with van der Waals surface area (Å²) in [5, 5.41) is 36.9. The molecule has 1 aliphatic rings. The SMILES string of the molecule is N#Cc1ncn([C@H]2O[C@@H](CO)[C@H](O)[C@@H]2O)c1N. The molecular formula is C9H12N4O4. The molecule has 0 aliphatic carbocycles. The van der Waals surface area contributed by atoms with Crippen molar-refractivity contribution in [1.29, 1.82) is 5.26 Å². The lowest BCUT2D eigenvalue weighted by atomic mass is 10.1. The Morgan fingerprint density at radius 2 is 2.24 bits per heavy atom. The summed E-state index contributed by atoms with van der Waals surface area (Å²) >= 11 is 0. The fourth-order valence-electron chi connectivity index (χ4n) is 1.77. The molecule has 0 aromatic carbocycles. The summed E-state index contributed by atoms with van der Waals surface area (Å²) in [4.78, 5) is 3.73. The van der Waals surface area contributed by atoms with Crippen molar-refractivity contribution >= 4 is 5.82 Å². The van der Waals surface area contributed by atoms with E-state index in [1.54, 1.807) is 6.07 Å². The van der Waals surface area contributed by atoms with Crippen molar-refractivity contribution in [3.8, 4) is 6.07 Å². The standard InChI is InChI=1S/C9H12N4O4/c10-1-4-8(11)13(3-12-4)9-7(16)6(15)5(2-14)17-9/h3,5-7,9,14-16H,2,11H2/t5-,6-,7-,9-/m0/s1. The zero-order chi connectivity index (χ0) is 12.6. The Bertz CT molecular complexity index is 454. The van der Waals surface area contributed by atoms with Crippen molar-refractivity contribution in [2.75, 3.05) is 12.3 Å². The van der Waals surface area contributed by atoms with Gasteiger partial charge in [0.15, 0.2) is 11.9 Å². The second kappa shape index (κ2) is 4.31. The van der Waals surface area contributed by atoms with Crippen molar-refractivity contribution in [1.82, 2.24) is 9.55 Å². The normalized spacial score (nSPS) is 32.6. The van der Waals surface area contributed by atoms with Gasteiger partial charge in [-0.25, -0.2) is 4.98 Å². The van der Waals surface area contributed by atoms with Gasteiger partial charge < -0.3 is 25.8 Å². The first-order chi connectivity index (χ1) is 8.10. The summed E-state index contributed by atoms with van der Waals surface area (Å²) in [6.45, 7) is -0.422. The molecule has 1 saturated heterocycles. The van der Waals surface area contributed by atoms with Crippen molar-refractivity contribution in [3.63, 3.8) is 0 Å². The number of aliphatic hydroxyl groups is 3. The van der Waals surface area contributed by atoms with Crippen LogP contribution in [0.25, 0.3) is 0 Å². The van der Waals surface area contributed by atoms with Crippen LogP contribution in [0.2, 0.25) is 0 Å². The summed E-state index contributed by atoms with van der Waals surface area (Å²) in [6, 6.07) is 1.78. The number of hydrogen-bond donors (Lipinski definition) is 4. The molecule has 2 heterocycles. The summed E-state index contributed by atoms with van der Waals surface area (Å²) in [6.07, 6.45) is -3.06. The van der Waals surface area contributed by atoms with Crippen LogP contribution >= 0.6 is 0 Å². The van der Waals surface area contributed by atoms with E-state index < -0.39 is 31.1 Å². The van der Waals surface area contributed by atoms with Gasteiger partial charge in [-0.05, 0) is 0 Å².